The molecular weight excluding hydrogens is 261 g/mol. The summed E-state index contributed by atoms with van der Waals surface area (Å²) in [5, 5.41) is 8.89. The number of alkyl halides is 3. The fourth-order valence-electron chi connectivity index (χ4n) is 1.79. The Labute approximate surface area is 110 Å². The number of carbonyl (C=O) groups is 1. The highest BCUT2D eigenvalue weighted by Gasteiger charge is 2.38. The van der Waals surface area contributed by atoms with Crippen LogP contribution in [0.25, 0.3) is 0 Å². The molecule has 0 amide bonds. The lowest BCUT2D eigenvalue weighted by Gasteiger charge is -2.17. The molecule has 0 fully saturated rings. The number of ether oxygens (including phenoxy) is 1. The van der Waals surface area contributed by atoms with Crippen molar-refractivity contribution in [2.75, 3.05) is 7.11 Å². The summed E-state index contributed by atoms with van der Waals surface area (Å²) in [5.74, 6) is -1.74. The van der Waals surface area contributed by atoms with Crippen molar-refractivity contribution in [2.45, 2.75) is 33.9 Å². The number of carboxylic acids is 1. The number of halogens is 3. The first-order valence-electron chi connectivity index (χ1n) is 5.68. The fraction of sp³-hybridized carbons (Fsp3) is 0.462. The average Bonchev–Trinajstić information content (AvgIpc) is 2.28. The van der Waals surface area contributed by atoms with Crippen LogP contribution in [0.4, 0.5) is 13.2 Å². The third-order valence-electron chi connectivity index (χ3n) is 2.46. The van der Waals surface area contributed by atoms with Crippen molar-refractivity contribution in [1.82, 2.24) is 0 Å². The predicted molar refractivity (Wildman–Crippen MR) is 65.8 cm³/mol. The smallest absolute Gasteiger partial charge is 0.420 e. The van der Waals surface area contributed by atoms with Gasteiger partial charge in [-0.2, -0.15) is 13.2 Å². The van der Waals surface area contributed by atoms with Crippen LogP contribution in [0.15, 0.2) is 6.07 Å². The third-order valence-corrected chi connectivity index (χ3v) is 2.46. The molecule has 0 saturated heterocycles. The molecule has 1 rings (SSSR count). The first-order chi connectivity index (χ1) is 8.70. The zero-order chi connectivity index (χ0) is 15.4. The molecule has 6 heteroatoms. The molecule has 0 saturated carbocycles. The molecule has 3 nitrogen and oxygen atoms in total. The molecule has 1 aromatic rings. The number of hydrogen-bond donors (Lipinski definition) is 1. The minimum absolute atomic E-state index is 0.236. The Morgan fingerprint density at radius 3 is 2.05 bits per heavy atom. The maximum Gasteiger partial charge on any atom is 0.420 e. The van der Waals surface area contributed by atoms with E-state index in [-0.39, 0.29) is 22.4 Å². The molecule has 0 aliphatic rings. The zero-order valence-corrected chi connectivity index (χ0v) is 11.5. The molecule has 0 aromatic heterocycles. The standard InChI is InChI=1S/C11H11F3O3.C2H6/c1-5-4-7(17-3)9(11(12,13)14)6(2)8(5)10(15)16;1-2/h4H,1-3H3,(H,15,16);1-2H3. The lowest BCUT2D eigenvalue weighted by molar-refractivity contribution is -0.139. The molecule has 0 atom stereocenters. The minimum Gasteiger partial charge on any atom is -0.496 e. The van der Waals surface area contributed by atoms with Crippen molar-refractivity contribution < 1.29 is 27.8 Å². The summed E-state index contributed by atoms with van der Waals surface area (Å²) in [4.78, 5) is 10.9. The summed E-state index contributed by atoms with van der Waals surface area (Å²) in [6.07, 6.45) is -4.65. The number of aromatic carboxylic acids is 1. The Morgan fingerprint density at radius 2 is 1.74 bits per heavy atom. The lowest BCUT2D eigenvalue weighted by Crippen LogP contribution is -2.15. The van der Waals surface area contributed by atoms with Crippen molar-refractivity contribution in [1.29, 1.82) is 0 Å². The number of carboxylic acid groups (broad SMARTS) is 1. The molecule has 0 spiro atoms. The van der Waals surface area contributed by atoms with Crippen LogP contribution in [0, 0.1) is 13.8 Å². The van der Waals surface area contributed by atoms with Crippen LogP contribution in [0.1, 0.15) is 40.9 Å². The largest absolute Gasteiger partial charge is 0.496 e. The van der Waals surface area contributed by atoms with Crippen LogP contribution in [-0.2, 0) is 6.18 Å². The van der Waals surface area contributed by atoms with Crippen LogP contribution in [0.2, 0.25) is 0 Å². The second-order valence-corrected chi connectivity index (χ2v) is 3.57. The quantitative estimate of drug-likeness (QED) is 0.887. The Hall–Kier alpha value is -1.72. The molecule has 0 bridgehead atoms. The van der Waals surface area contributed by atoms with Crippen LogP contribution in [-0.4, -0.2) is 18.2 Å². The van der Waals surface area contributed by atoms with Gasteiger partial charge in [0, 0.05) is 0 Å². The van der Waals surface area contributed by atoms with Gasteiger partial charge < -0.3 is 9.84 Å². The average molecular weight is 278 g/mol. The van der Waals surface area contributed by atoms with E-state index in [0.29, 0.717) is 0 Å². The van der Waals surface area contributed by atoms with Crippen molar-refractivity contribution >= 4 is 5.97 Å². The van der Waals surface area contributed by atoms with Gasteiger partial charge in [-0.25, -0.2) is 4.79 Å². The van der Waals surface area contributed by atoms with Gasteiger partial charge in [-0.05, 0) is 31.0 Å². The Balaban J connectivity index is 0.00000154. The molecule has 108 valence electrons. The predicted octanol–water partition coefficient (Wildman–Crippen LogP) is 4.06. The summed E-state index contributed by atoms with van der Waals surface area (Å²) >= 11 is 0. The summed E-state index contributed by atoms with van der Waals surface area (Å²) in [6.45, 7) is 6.56. The molecule has 0 unspecified atom stereocenters. The van der Waals surface area contributed by atoms with E-state index in [1.54, 1.807) is 0 Å². The molecule has 0 radical (unpaired) electrons. The van der Waals surface area contributed by atoms with E-state index in [1.165, 1.54) is 6.92 Å². The van der Waals surface area contributed by atoms with Gasteiger partial charge in [0.2, 0.25) is 0 Å². The molecule has 19 heavy (non-hydrogen) atoms. The summed E-state index contributed by atoms with van der Waals surface area (Å²) in [5.41, 5.74) is -1.47. The van der Waals surface area contributed by atoms with Crippen molar-refractivity contribution in [3.05, 3.63) is 28.3 Å². The Morgan fingerprint density at radius 1 is 1.26 bits per heavy atom. The van der Waals surface area contributed by atoms with Gasteiger partial charge in [-0.15, -0.1) is 0 Å². The highest BCUT2D eigenvalue weighted by atomic mass is 19.4. The van der Waals surface area contributed by atoms with Crippen LogP contribution in [0.3, 0.4) is 0 Å². The van der Waals surface area contributed by atoms with Crippen molar-refractivity contribution in [3.63, 3.8) is 0 Å². The summed E-state index contributed by atoms with van der Waals surface area (Å²) in [6, 6.07) is 1.08. The summed E-state index contributed by atoms with van der Waals surface area (Å²) in [7, 11) is 1.11. The SMILES string of the molecule is CC.COc1cc(C)c(C(=O)O)c(C)c1C(F)(F)F. The van der Waals surface area contributed by atoms with Gasteiger partial charge in [0.15, 0.2) is 0 Å². The minimum atomic E-state index is -4.65. The summed E-state index contributed by atoms with van der Waals surface area (Å²) < 4.78 is 43.1. The van der Waals surface area contributed by atoms with Crippen molar-refractivity contribution in [2.24, 2.45) is 0 Å². The van der Waals surface area contributed by atoms with E-state index in [0.717, 1.165) is 20.1 Å². The number of rotatable bonds is 2. The molecular formula is C13H17F3O3. The maximum atomic E-state index is 12.8. The van der Waals surface area contributed by atoms with E-state index < -0.39 is 17.7 Å². The van der Waals surface area contributed by atoms with Crippen LogP contribution >= 0.6 is 0 Å². The third kappa shape index (κ3) is 3.62. The van der Waals surface area contributed by atoms with Gasteiger partial charge in [0.05, 0.1) is 12.7 Å². The van der Waals surface area contributed by atoms with E-state index in [9.17, 15) is 18.0 Å². The Kier molecular flexibility index (Phi) is 5.86. The van der Waals surface area contributed by atoms with E-state index in [1.807, 2.05) is 13.8 Å². The number of aryl methyl sites for hydroxylation is 1. The molecule has 1 aromatic carbocycles. The number of benzene rings is 1. The topological polar surface area (TPSA) is 46.5 Å². The molecule has 0 heterocycles. The second-order valence-electron chi connectivity index (χ2n) is 3.57. The van der Waals surface area contributed by atoms with Gasteiger partial charge in [-0.3, -0.25) is 0 Å². The normalized spacial score (nSPS) is 10.5. The molecule has 0 aliphatic heterocycles. The van der Waals surface area contributed by atoms with E-state index in [2.05, 4.69) is 4.74 Å². The van der Waals surface area contributed by atoms with E-state index >= 15 is 0 Å². The number of methoxy groups -OCH3 is 1. The van der Waals surface area contributed by atoms with Gasteiger partial charge in [0.1, 0.15) is 11.3 Å². The van der Waals surface area contributed by atoms with Gasteiger partial charge in [0.25, 0.3) is 0 Å². The fourth-order valence-corrected chi connectivity index (χ4v) is 1.79. The highest BCUT2D eigenvalue weighted by molar-refractivity contribution is 5.92. The monoisotopic (exact) mass is 278 g/mol. The maximum absolute atomic E-state index is 12.8. The number of hydrogen-bond acceptors (Lipinski definition) is 2. The molecule has 1 N–H and O–H groups in total. The lowest BCUT2D eigenvalue weighted by atomic mass is 9.96. The second kappa shape index (κ2) is 6.45. The van der Waals surface area contributed by atoms with Crippen LogP contribution in [0.5, 0.6) is 5.75 Å². The zero-order valence-electron chi connectivity index (χ0n) is 11.5. The first kappa shape index (κ1) is 17.3. The molecule has 0 aliphatic carbocycles. The van der Waals surface area contributed by atoms with E-state index in [4.69, 9.17) is 5.11 Å². The first-order valence-corrected chi connectivity index (χ1v) is 5.68. The van der Waals surface area contributed by atoms with Gasteiger partial charge in [-0.1, -0.05) is 13.8 Å². The van der Waals surface area contributed by atoms with Crippen molar-refractivity contribution in [3.8, 4) is 5.75 Å². The van der Waals surface area contributed by atoms with Gasteiger partial charge >= 0.3 is 12.1 Å². The van der Waals surface area contributed by atoms with Crippen LogP contribution < -0.4 is 4.74 Å². The Bertz CT molecular complexity index is 465. The highest BCUT2D eigenvalue weighted by Crippen LogP contribution is 2.40.